The summed E-state index contributed by atoms with van der Waals surface area (Å²) in [6.45, 7) is 3.72. The molecule has 0 bridgehead atoms. The lowest BCUT2D eigenvalue weighted by Crippen LogP contribution is -2.06. The van der Waals surface area contributed by atoms with Gasteiger partial charge in [-0.3, -0.25) is 0 Å². The summed E-state index contributed by atoms with van der Waals surface area (Å²) in [5.41, 5.74) is 1.43. The molecule has 3 rings (SSSR count). The van der Waals surface area contributed by atoms with Crippen LogP contribution in [0.4, 0.5) is 11.5 Å². The van der Waals surface area contributed by atoms with Crippen molar-refractivity contribution in [3.63, 3.8) is 0 Å². The van der Waals surface area contributed by atoms with Crippen LogP contribution in [-0.4, -0.2) is 29.7 Å². The van der Waals surface area contributed by atoms with Gasteiger partial charge in [0.2, 0.25) is 5.71 Å². The van der Waals surface area contributed by atoms with Gasteiger partial charge in [0.05, 0.1) is 19.1 Å². The maximum Gasteiger partial charge on any atom is 0.342 e. The van der Waals surface area contributed by atoms with E-state index in [2.05, 4.69) is 15.3 Å². The van der Waals surface area contributed by atoms with Gasteiger partial charge in [-0.15, -0.1) is 0 Å². The van der Waals surface area contributed by atoms with Crippen molar-refractivity contribution in [2.75, 3.05) is 19.0 Å². The number of methoxy groups -OCH3 is 1. The van der Waals surface area contributed by atoms with Crippen molar-refractivity contribution >= 4 is 28.6 Å². The van der Waals surface area contributed by atoms with E-state index in [1.54, 1.807) is 21.0 Å². The van der Waals surface area contributed by atoms with E-state index in [-0.39, 0.29) is 6.61 Å². The van der Waals surface area contributed by atoms with Crippen LogP contribution in [0.25, 0.3) is 11.1 Å². The number of carbonyl (C=O) groups excluding carboxylic acids is 1. The van der Waals surface area contributed by atoms with Crippen LogP contribution in [0.15, 0.2) is 35.0 Å². The quantitative estimate of drug-likeness (QED) is 0.718. The van der Waals surface area contributed by atoms with Crippen LogP contribution in [0, 0.1) is 6.92 Å². The first-order valence-corrected chi connectivity index (χ1v) is 7.46. The first-order chi connectivity index (χ1) is 11.6. The SMILES string of the molecule is CCOC(=O)c1c(C)oc2ncnc(Nc3cccc(OC)c3)c12. The molecule has 0 saturated heterocycles. The molecule has 1 N–H and O–H groups in total. The fourth-order valence-electron chi connectivity index (χ4n) is 2.43. The number of esters is 1. The molecule has 2 aromatic heterocycles. The zero-order valence-corrected chi connectivity index (χ0v) is 13.6. The van der Waals surface area contributed by atoms with Crippen molar-refractivity contribution in [3.8, 4) is 5.75 Å². The van der Waals surface area contributed by atoms with E-state index < -0.39 is 5.97 Å². The lowest BCUT2D eigenvalue weighted by atomic mass is 10.2. The number of aryl methyl sites for hydroxylation is 1. The molecule has 0 aliphatic carbocycles. The number of aromatic nitrogens is 2. The van der Waals surface area contributed by atoms with Crippen LogP contribution in [0.2, 0.25) is 0 Å². The van der Waals surface area contributed by atoms with Crippen molar-refractivity contribution in [2.45, 2.75) is 13.8 Å². The molecule has 0 aliphatic rings. The standard InChI is InChI=1S/C17H17N3O4/c1-4-23-17(21)13-10(2)24-16-14(13)15(18-9-19-16)20-11-6-5-7-12(8-11)22-3/h5-9H,4H2,1-3H3,(H,18,19,20). The first kappa shape index (κ1) is 15.8. The molecular weight excluding hydrogens is 310 g/mol. The van der Waals surface area contributed by atoms with Gasteiger partial charge in [-0.25, -0.2) is 14.8 Å². The van der Waals surface area contributed by atoms with Crippen molar-refractivity contribution in [1.82, 2.24) is 9.97 Å². The van der Waals surface area contributed by atoms with Crippen molar-refractivity contribution < 1.29 is 18.7 Å². The largest absolute Gasteiger partial charge is 0.497 e. The molecule has 0 saturated carbocycles. The third kappa shape index (κ3) is 2.88. The van der Waals surface area contributed by atoms with Crippen molar-refractivity contribution in [3.05, 3.63) is 41.9 Å². The summed E-state index contributed by atoms with van der Waals surface area (Å²) >= 11 is 0. The van der Waals surface area contributed by atoms with Crippen LogP contribution in [0.3, 0.4) is 0 Å². The highest BCUT2D eigenvalue weighted by molar-refractivity contribution is 6.08. The fourth-order valence-corrected chi connectivity index (χ4v) is 2.43. The van der Waals surface area contributed by atoms with E-state index in [4.69, 9.17) is 13.9 Å². The Morgan fingerprint density at radius 3 is 2.92 bits per heavy atom. The fraction of sp³-hybridized carbons (Fsp3) is 0.235. The van der Waals surface area contributed by atoms with Crippen molar-refractivity contribution in [2.24, 2.45) is 0 Å². The minimum atomic E-state index is -0.461. The highest BCUT2D eigenvalue weighted by Gasteiger charge is 2.23. The molecule has 7 heteroatoms. The van der Waals surface area contributed by atoms with Gasteiger partial charge in [0.15, 0.2) is 0 Å². The predicted molar refractivity (Wildman–Crippen MR) is 88.8 cm³/mol. The second-order valence-corrected chi connectivity index (χ2v) is 5.01. The van der Waals surface area contributed by atoms with Crippen LogP contribution < -0.4 is 10.1 Å². The predicted octanol–water partition coefficient (Wildman–Crippen LogP) is 3.46. The topological polar surface area (TPSA) is 86.5 Å². The molecule has 124 valence electrons. The van der Waals surface area contributed by atoms with Crippen LogP contribution in [0.5, 0.6) is 5.75 Å². The molecular formula is C17H17N3O4. The Morgan fingerprint density at radius 2 is 2.17 bits per heavy atom. The molecule has 1 aromatic carbocycles. The van der Waals surface area contributed by atoms with E-state index >= 15 is 0 Å². The second kappa shape index (κ2) is 6.57. The van der Waals surface area contributed by atoms with Gasteiger partial charge < -0.3 is 19.2 Å². The molecule has 0 atom stereocenters. The van der Waals surface area contributed by atoms with Gasteiger partial charge in [-0.1, -0.05) is 6.07 Å². The molecule has 0 amide bonds. The summed E-state index contributed by atoms with van der Waals surface area (Å²) < 4.78 is 15.9. The minimum absolute atomic E-state index is 0.275. The van der Waals surface area contributed by atoms with E-state index in [0.717, 1.165) is 5.69 Å². The number of fused-ring (bicyclic) bond motifs is 1. The van der Waals surface area contributed by atoms with Crippen LogP contribution in [0.1, 0.15) is 23.0 Å². The highest BCUT2D eigenvalue weighted by Crippen LogP contribution is 2.31. The number of ether oxygens (including phenoxy) is 2. The average molecular weight is 327 g/mol. The molecule has 0 radical (unpaired) electrons. The average Bonchev–Trinajstić information content (AvgIpc) is 2.92. The van der Waals surface area contributed by atoms with Gasteiger partial charge in [0, 0.05) is 11.8 Å². The summed E-state index contributed by atoms with van der Waals surface area (Å²) in [7, 11) is 1.60. The number of furan rings is 1. The van der Waals surface area contributed by atoms with Gasteiger partial charge in [-0.05, 0) is 26.0 Å². The maximum atomic E-state index is 12.3. The Bertz CT molecular complexity index is 889. The Labute approximate surface area is 138 Å². The Balaban J connectivity index is 2.09. The summed E-state index contributed by atoms with van der Waals surface area (Å²) in [6, 6.07) is 7.39. The normalized spacial score (nSPS) is 10.6. The Hall–Kier alpha value is -3.09. The molecule has 2 heterocycles. The van der Waals surface area contributed by atoms with Crippen LogP contribution in [-0.2, 0) is 4.74 Å². The second-order valence-electron chi connectivity index (χ2n) is 5.01. The third-order valence-electron chi connectivity index (χ3n) is 3.48. The number of rotatable bonds is 5. The van der Waals surface area contributed by atoms with Gasteiger partial charge in [-0.2, -0.15) is 0 Å². The maximum absolute atomic E-state index is 12.3. The summed E-state index contributed by atoms with van der Waals surface area (Å²) in [6.07, 6.45) is 1.38. The van der Waals surface area contributed by atoms with Crippen LogP contribution >= 0.6 is 0 Å². The lowest BCUT2D eigenvalue weighted by molar-refractivity contribution is 0.0526. The molecule has 0 unspecified atom stereocenters. The van der Waals surface area contributed by atoms with E-state index in [1.807, 2.05) is 24.3 Å². The molecule has 0 spiro atoms. The van der Waals surface area contributed by atoms with E-state index in [1.165, 1.54) is 6.33 Å². The number of benzene rings is 1. The first-order valence-electron chi connectivity index (χ1n) is 7.46. The molecule has 0 fully saturated rings. The molecule has 3 aromatic rings. The number of carbonyl (C=O) groups is 1. The number of nitrogens with zero attached hydrogens (tertiary/aromatic N) is 2. The molecule has 24 heavy (non-hydrogen) atoms. The Kier molecular flexibility index (Phi) is 4.33. The Morgan fingerprint density at radius 1 is 1.33 bits per heavy atom. The van der Waals surface area contributed by atoms with E-state index in [9.17, 15) is 4.79 Å². The summed E-state index contributed by atoms with van der Waals surface area (Å²) in [5, 5.41) is 3.67. The summed E-state index contributed by atoms with van der Waals surface area (Å²) in [4.78, 5) is 20.6. The number of nitrogens with one attached hydrogen (secondary N) is 1. The number of hydrogen-bond donors (Lipinski definition) is 1. The van der Waals surface area contributed by atoms with Gasteiger partial charge >= 0.3 is 5.97 Å². The number of hydrogen-bond acceptors (Lipinski definition) is 7. The van der Waals surface area contributed by atoms with E-state index in [0.29, 0.717) is 34.0 Å². The van der Waals surface area contributed by atoms with Gasteiger partial charge in [0.1, 0.15) is 29.2 Å². The third-order valence-corrected chi connectivity index (χ3v) is 3.48. The lowest BCUT2D eigenvalue weighted by Gasteiger charge is -2.08. The molecule has 0 aliphatic heterocycles. The minimum Gasteiger partial charge on any atom is -0.497 e. The number of anilines is 2. The smallest absolute Gasteiger partial charge is 0.342 e. The zero-order valence-electron chi connectivity index (χ0n) is 13.6. The highest BCUT2D eigenvalue weighted by atomic mass is 16.5. The zero-order chi connectivity index (χ0) is 17.1. The summed E-state index contributed by atoms with van der Waals surface area (Å²) in [5.74, 6) is 1.15. The van der Waals surface area contributed by atoms with Gasteiger partial charge in [0.25, 0.3) is 0 Å². The monoisotopic (exact) mass is 327 g/mol. The van der Waals surface area contributed by atoms with Crippen molar-refractivity contribution in [1.29, 1.82) is 0 Å². The molecule has 7 nitrogen and oxygen atoms in total.